The van der Waals surface area contributed by atoms with E-state index in [2.05, 4.69) is 54.6 Å². The number of rotatable bonds is 5. The molecule has 0 aliphatic carbocycles. The zero-order valence-electron chi connectivity index (χ0n) is 15.1. The molecule has 0 spiro atoms. The Balaban J connectivity index is 1.82. The minimum Gasteiger partial charge on any atom is -0.396 e. The molecule has 0 saturated carbocycles. The molecule has 1 aliphatic rings. The third kappa shape index (κ3) is 3.10. The second-order valence-corrected chi connectivity index (χ2v) is 7.54. The van der Waals surface area contributed by atoms with E-state index in [1.807, 2.05) is 0 Å². The first-order valence-corrected chi connectivity index (χ1v) is 9.05. The molecule has 2 heterocycles. The van der Waals surface area contributed by atoms with Crippen LogP contribution in [0.15, 0.2) is 24.3 Å². The monoisotopic (exact) mass is 330 g/mol. The van der Waals surface area contributed by atoms with Crippen LogP contribution in [-0.4, -0.2) is 45.5 Å². The van der Waals surface area contributed by atoms with E-state index in [9.17, 15) is 10.2 Å². The number of hydrogen-bond acceptors (Lipinski definition) is 3. The van der Waals surface area contributed by atoms with Gasteiger partial charge in [0.2, 0.25) is 0 Å². The molecule has 24 heavy (non-hydrogen) atoms. The highest BCUT2D eigenvalue weighted by Gasteiger charge is 2.41. The van der Waals surface area contributed by atoms with E-state index in [0.717, 1.165) is 38.9 Å². The van der Waals surface area contributed by atoms with Gasteiger partial charge in [-0.15, -0.1) is 0 Å². The van der Waals surface area contributed by atoms with Gasteiger partial charge in [0.1, 0.15) is 0 Å². The molecule has 3 rings (SSSR count). The number of nitrogens with zero attached hydrogens (tertiary/aromatic N) is 2. The summed E-state index contributed by atoms with van der Waals surface area (Å²) in [7, 11) is 2.12. The number of fused-ring (bicyclic) bond motifs is 1. The van der Waals surface area contributed by atoms with Crippen LogP contribution in [0.3, 0.4) is 0 Å². The average Bonchev–Trinajstić information content (AvgIpc) is 2.86. The number of likely N-dealkylation sites (tertiary alicyclic amines) is 1. The van der Waals surface area contributed by atoms with Gasteiger partial charge >= 0.3 is 0 Å². The Morgan fingerprint density at radius 2 is 2.08 bits per heavy atom. The average molecular weight is 330 g/mol. The lowest BCUT2D eigenvalue weighted by atomic mass is 9.74. The van der Waals surface area contributed by atoms with Crippen LogP contribution in [0.1, 0.15) is 37.4 Å². The minimum absolute atomic E-state index is 0.0623. The second-order valence-electron chi connectivity index (χ2n) is 7.54. The number of benzene rings is 1. The number of aromatic nitrogens is 1. The topological polar surface area (TPSA) is 48.6 Å². The zero-order valence-corrected chi connectivity index (χ0v) is 15.1. The molecule has 132 valence electrons. The first-order valence-electron chi connectivity index (χ1n) is 9.05. The van der Waals surface area contributed by atoms with Crippen LogP contribution in [0.5, 0.6) is 0 Å². The summed E-state index contributed by atoms with van der Waals surface area (Å²) in [5.41, 5.74) is 3.46. The van der Waals surface area contributed by atoms with Crippen molar-refractivity contribution in [3.05, 3.63) is 35.5 Å². The van der Waals surface area contributed by atoms with Crippen molar-refractivity contribution in [3.63, 3.8) is 0 Å². The normalized spacial score (nSPS) is 25.5. The molecule has 2 atom stereocenters. The van der Waals surface area contributed by atoms with Crippen molar-refractivity contribution in [1.29, 1.82) is 0 Å². The van der Waals surface area contributed by atoms with Gasteiger partial charge in [-0.2, -0.15) is 0 Å². The van der Waals surface area contributed by atoms with Gasteiger partial charge in [0, 0.05) is 48.7 Å². The lowest BCUT2D eigenvalue weighted by Gasteiger charge is -2.45. The lowest BCUT2D eigenvalue weighted by molar-refractivity contribution is -0.0822. The number of piperidine rings is 1. The van der Waals surface area contributed by atoms with Crippen molar-refractivity contribution < 1.29 is 10.2 Å². The maximum atomic E-state index is 10.4. The Bertz CT molecular complexity index is 709. The van der Waals surface area contributed by atoms with Gasteiger partial charge in [0.05, 0.1) is 12.7 Å². The molecular weight excluding hydrogens is 300 g/mol. The van der Waals surface area contributed by atoms with Gasteiger partial charge in [-0.1, -0.05) is 25.0 Å². The third-order valence-electron chi connectivity index (χ3n) is 5.71. The number of aliphatic hydroxyl groups is 2. The van der Waals surface area contributed by atoms with Crippen molar-refractivity contribution in [2.75, 3.05) is 19.7 Å². The predicted molar refractivity (Wildman–Crippen MR) is 98.0 cm³/mol. The molecule has 0 radical (unpaired) electrons. The van der Waals surface area contributed by atoms with Gasteiger partial charge in [0.25, 0.3) is 0 Å². The Hall–Kier alpha value is -1.36. The van der Waals surface area contributed by atoms with Gasteiger partial charge in [-0.3, -0.25) is 4.90 Å². The first-order chi connectivity index (χ1) is 11.5. The van der Waals surface area contributed by atoms with Crippen LogP contribution in [0.25, 0.3) is 10.9 Å². The summed E-state index contributed by atoms with van der Waals surface area (Å²) in [5, 5.41) is 21.7. The highest BCUT2D eigenvalue weighted by Crippen LogP contribution is 2.35. The largest absolute Gasteiger partial charge is 0.396 e. The standard InChI is InChI=1S/C20H30N2O2/c1-4-8-20(14-23)13-22(9-7-19(20)24)12-17-11-16-10-15(2)5-6-18(16)21(17)3/h5-6,10-11,19,23-24H,4,7-9,12-14H2,1-3H3/t19-,20-/m0/s1. The molecule has 0 amide bonds. The van der Waals surface area contributed by atoms with Crippen LogP contribution < -0.4 is 0 Å². The van der Waals surface area contributed by atoms with Crippen LogP contribution in [0.2, 0.25) is 0 Å². The Morgan fingerprint density at radius 3 is 2.79 bits per heavy atom. The lowest BCUT2D eigenvalue weighted by Crippen LogP contribution is -2.53. The highest BCUT2D eigenvalue weighted by molar-refractivity contribution is 5.82. The summed E-state index contributed by atoms with van der Waals surface area (Å²) in [6.45, 7) is 6.81. The fourth-order valence-corrected chi connectivity index (χ4v) is 4.26. The summed E-state index contributed by atoms with van der Waals surface area (Å²) in [4.78, 5) is 2.39. The molecule has 4 heteroatoms. The van der Waals surface area contributed by atoms with Crippen LogP contribution >= 0.6 is 0 Å². The number of aryl methyl sites for hydroxylation is 2. The molecule has 2 aromatic rings. The highest BCUT2D eigenvalue weighted by atomic mass is 16.3. The predicted octanol–water partition coefficient (Wildman–Crippen LogP) is 2.83. The molecular formula is C20H30N2O2. The zero-order chi connectivity index (χ0) is 17.3. The quantitative estimate of drug-likeness (QED) is 0.886. The van der Waals surface area contributed by atoms with E-state index in [0.29, 0.717) is 0 Å². The van der Waals surface area contributed by atoms with Crippen molar-refractivity contribution in [3.8, 4) is 0 Å². The fraction of sp³-hybridized carbons (Fsp3) is 0.600. The van der Waals surface area contributed by atoms with Gasteiger partial charge in [-0.25, -0.2) is 0 Å². The van der Waals surface area contributed by atoms with E-state index in [-0.39, 0.29) is 12.0 Å². The number of aliphatic hydroxyl groups excluding tert-OH is 2. The SMILES string of the molecule is CCC[C@@]1(CO)CN(Cc2cc3cc(C)ccc3n2C)CC[C@@H]1O. The van der Waals surface area contributed by atoms with Crippen LogP contribution in [-0.2, 0) is 13.6 Å². The van der Waals surface area contributed by atoms with E-state index in [1.165, 1.54) is 22.2 Å². The molecule has 0 unspecified atom stereocenters. The Kier molecular flexibility index (Phi) is 5.00. The minimum atomic E-state index is -0.395. The Morgan fingerprint density at radius 1 is 1.29 bits per heavy atom. The summed E-state index contributed by atoms with van der Waals surface area (Å²) in [6, 6.07) is 8.84. The van der Waals surface area contributed by atoms with E-state index in [4.69, 9.17) is 0 Å². The molecule has 1 aromatic carbocycles. The van der Waals surface area contributed by atoms with E-state index >= 15 is 0 Å². The molecule has 1 aliphatic heterocycles. The molecule has 1 aromatic heterocycles. The van der Waals surface area contributed by atoms with Crippen LogP contribution in [0, 0.1) is 12.3 Å². The fourth-order valence-electron chi connectivity index (χ4n) is 4.26. The Labute approximate surface area is 144 Å². The van der Waals surface area contributed by atoms with Gasteiger partial charge in [-0.05, 0) is 38.0 Å². The first kappa shape index (κ1) is 17.5. The van der Waals surface area contributed by atoms with E-state index < -0.39 is 6.10 Å². The summed E-state index contributed by atoms with van der Waals surface area (Å²) in [5.74, 6) is 0. The maximum Gasteiger partial charge on any atom is 0.0642 e. The smallest absolute Gasteiger partial charge is 0.0642 e. The van der Waals surface area contributed by atoms with Crippen molar-refractivity contribution >= 4 is 10.9 Å². The van der Waals surface area contributed by atoms with Gasteiger partial charge < -0.3 is 14.8 Å². The van der Waals surface area contributed by atoms with E-state index in [1.54, 1.807) is 0 Å². The van der Waals surface area contributed by atoms with Crippen LogP contribution in [0.4, 0.5) is 0 Å². The van der Waals surface area contributed by atoms with Crippen molar-refractivity contribution in [2.45, 2.75) is 45.8 Å². The van der Waals surface area contributed by atoms with Crippen molar-refractivity contribution in [1.82, 2.24) is 9.47 Å². The summed E-state index contributed by atoms with van der Waals surface area (Å²) >= 11 is 0. The summed E-state index contributed by atoms with van der Waals surface area (Å²) < 4.78 is 2.26. The summed E-state index contributed by atoms with van der Waals surface area (Å²) in [6.07, 6.45) is 2.20. The molecule has 4 nitrogen and oxygen atoms in total. The maximum absolute atomic E-state index is 10.4. The molecule has 1 saturated heterocycles. The number of hydrogen-bond donors (Lipinski definition) is 2. The molecule has 2 N–H and O–H groups in total. The second kappa shape index (κ2) is 6.87. The molecule has 1 fully saturated rings. The third-order valence-corrected chi connectivity index (χ3v) is 5.71. The van der Waals surface area contributed by atoms with Gasteiger partial charge in [0.15, 0.2) is 0 Å². The molecule has 0 bridgehead atoms. The van der Waals surface area contributed by atoms with Crippen molar-refractivity contribution in [2.24, 2.45) is 12.5 Å².